The Balaban J connectivity index is 1.51. The van der Waals surface area contributed by atoms with Gasteiger partial charge in [-0.3, -0.25) is 0 Å². The van der Waals surface area contributed by atoms with Crippen molar-refractivity contribution in [1.29, 1.82) is 0 Å². The van der Waals surface area contributed by atoms with Crippen LogP contribution in [0.2, 0.25) is 0 Å². The molecule has 8 nitrogen and oxygen atoms in total. The molecule has 0 saturated heterocycles. The first kappa shape index (κ1) is 18.1. The molecule has 0 atom stereocenters. The van der Waals surface area contributed by atoms with E-state index in [1.54, 1.807) is 27.7 Å². The fraction of sp³-hybridized carbons (Fsp3) is 0.150. The topological polar surface area (TPSA) is 86.9 Å². The number of hydrogen-bond donors (Lipinski definition) is 0. The second-order valence-electron chi connectivity index (χ2n) is 6.82. The van der Waals surface area contributed by atoms with E-state index in [2.05, 4.69) is 25.2 Å². The number of aryl methyl sites for hydroxylation is 2. The van der Waals surface area contributed by atoms with Crippen LogP contribution < -0.4 is 0 Å². The van der Waals surface area contributed by atoms with E-state index >= 15 is 0 Å². The van der Waals surface area contributed by atoms with Gasteiger partial charge in [0, 0.05) is 23.8 Å². The minimum absolute atomic E-state index is 0.192. The third-order valence-electron chi connectivity index (χ3n) is 4.69. The molecule has 0 aliphatic carbocycles. The molecule has 5 rings (SSSR count). The van der Waals surface area contributed by atoms with Crippen LogP contribution in [0.25, 0.3) is 28.5 Å². The van der Waals surface area contributed by atoms with Crippen molar-refractivity contribution in [2.24, 2.45) is 0 Å². The molecule has 1 aromatic carbocycles. The molecule has 4 heterocycles. The second-order valence-corrected chi connectivity index (χ2v) is 6.82. The van der Waals surface area contributed by atoms with Gasteiger partial charge in [0.2, 0.25) is 0 Å². The average molecular weight is 407 g/mol. The molecule has 0 fully saturated rings. The number of benzene rings is 1. The van der Waals surface area contributed by atoms with Crippen molar-refractivity contribution < 1.29 is 13.3 Å². The fourth-order valence-corrected chi connectivity index (χ4v) is 3.38. The van der Waals surface area contributed by atoms with Crippen molar-refractivity contribution in [3.05, 3.63) is 71.7 Å². The van der Waals surface area contributed by atoms with Gasteiger partial charge in [-0.05, 0) is 32.0 Å². The first-order valence-electron chi connectivity index (χ1n) is 9.11. The van der Waals surface area contributed by atoms with Gasteiger partial charge in [0.25, 0.3) is 5.89 Å². The van der Waals surface area contributed by atoms with Crippen molar-refractivity contribution in [1.82, 2.24) is 34.3 Å². The van der Waals surface area contributed by atoms with Gasteiger partial charge in [0.1, 0.15) is 23.0 Å². The number of hydrogen-bond acceptors (Lipinski definition) is 6. The summed E-state index contributed by atoms with van der Waals surface area (Å²) in [6.45, 7) is 4.06. The van der Waals surface area contributed by atoms with Crippen molar-refractivity contribution in [3.8, 4) is 22.8 Å². The molecule has 30 heavy (non-hydrogen) atoms. The summed E-state index contributed by atoms with van der Waals surface area (Å²) in [6, 6.07) is 5.49. The van der Waals surface area contributed by atoms with Crippen molar-refractivity contribution in [3.63, 3.8) is 0 Å². The standard InChI is InChI=1S/C20H15F2N7O/c1-11-8-12(2)29-19(25-11)13(9-24-29)18-23-6-7-28(18)10-16-26-20(30-27-16)17-14(21)4-3-5-15(17)22/h3-9H,10H2,1-2H3. The average Bonchev–Trinajstić information content (AvgIpc) is 3.42. The summed E-state index contributed by atoms with van der Waals surface area (Å²) in [7, 11) is 0. The molecule has 0 aliphatic heterocycles. The highest BCUT2D eigenvalue weighted by Crippen LogP contribution is 2.26. The quantitative estimate of drug-likeness (QED) is 0.453. The van der Waals surface area contributed by atoms with Crippen LogP contribution in [0.15, 0.2) is 47.4 Å². The van der Waals surface area contributed by atoms with Crippen LogP contribution >= 0.6 is 0 Å². The highest BCUT2D eigenvalue weighted by molar-refractivity contribution is 5.72. The zero-order valence-electron chi connectivity index (χ0n) is 16.0. The monoisotopic (exact) mass is 407 g/mol. The maximum absolute atomic E-state index is 14.0. The maximum Gasteiger partial charge on any atom is 0.263 e. The summed E-state index contributed by atoms with van der Waals surface area (Å²) in [5.41, 5.74) is 2.91. The molecule has 0 saturated carbocycles. The van der Waals surface area contributed by atoms with Crippen LogP contribution in [0, 0.1) is 25.5 Å². The van der Waals surface area contributed by atoms with E-state index in [1.807, 2.05) is 19.9 Å². The van der Waals surface area contributed by atoms with Crippen LogP contribution in [0.5, 0.6) is 0 Å². The smallest absolute Gasteiger partial charge is 0.263 e. The molecular formula is C20H15F2N7O. The zero-order valence-corrected chi connectivity index (χ0v) is 16.0. The second kappa shape index (κ2) is 6.83. The normalized spacial score (nSPS) is 11.5. The Kier molecular flexibility index (Phi) is 4.12. The van der Waals surface area contributed by atoms with Gasteiger partial charge in [0.15, 0.2) is 11.5 Å². The molecule has 5 aromatic rings. The van der Waals surface area contributed by atoms with Gasteiger partial charge in [-0.25, -0.2) is 23.3 Å². The minimum Gasteiger partial charge on any atom is -0.334 e. The Bertz CT molecular complexity index is 1370. The van der Waals surface area contributed by atoms with Gasteiger partial charge in [-0.15, -0.1) is 0 Å². The van der Waals surface area contributed by atoms with Crippen LogP contribution in [0.3, 0.4) is 0 Å². The summed E-state index contributed by atoms with van der Waals surface area (Å²) in [5.74, 6) is -0.880. The molecule has 0 spiro atoms. The van der Waals surface area contributed by atoms with E-state index in [1.165, 1.54) is 6.07 Å². The fourth-order valence-electron chi connectivity index (χ4n) is 3.38. The van der Waals surface area contributed by atoms with E-state index in [0.29, 0.717) is 11.5 Å². The number of aromatic nitrogens is 7. The van der Waals surface area contributed by atoms with Gasteiger partial charge < -0.3 is 9.09 Å². The van der Waals surface area contributed by atoms with Crippen LogP contribution in [0.4, 0.5) is 8.78 Å². The Morgan fingerprint density at radius 2 is 1.90 bits per heavy atom. The Hall–Kier alpha value is -3.95. The summed E-state index contributed by atoms with van der Waals surface area (Å²) >= 11 is 0. The van der Waals surface area contributed by atoms with E-state index in [0.717, 1.165) is 29.1 Å². The lowest BCUT2D eigenvalue weighted by Crippen LogP contribution is -2.03. The molecule has 0 aliphatic rings. The highest BCUT2D eigenvalue weighted by Gasteiger charge is 2.20. The van der Waals surface area contributed by atoms with Crippen LogP contribution in [0.1, 0.15) is 17.2 Å². The van der Waals surface area contributed by atoms with E-state index in [4.69, 9.17) is 4.52 Å². The Labute approximate surface area is 168 Å². The number of imidazole rings is 1. The molecule has 10 heteroatoms. The van der Waals surface area contributed by atoms with E-state index in [-0.39, 0.29) is 23.8 Å². The molecular weight excluding hydrogens is 392 g/mol. The maximum atomic E-state index is 14.0. The van der Waals surface area contributed by atoms with E-state index < -0.39 is 11.6 Å². The third kappa shape index (κ3) is 2.93. The summed E-state index contributed by atoms with van der Waals surface area (Å²) in [6.07, 6.45) is 5.09. The number of rotatable bonds is 4. The van der Waals surface area contributed by atoms with Gasteiger partial charge in [-0.2, -0.15) is 10.1 Å². The zero-order chi connectivity index (χ0) is 20.8. The van der Waals surface area contributed by atoms with Crippen LogP contribution in [-0.2, 0) is 6.54 Å². The van der Waals surface area contributed by atoms with Crippen molar-refractivity contribution >= 4 is 5.65 Å². The molecule has 0 amide bonds. The summed E-state index contributed by atoms with van der Waals surface area (Å²) in [5, 5.41) is 8.25. The molecule has 150 valence electrons. The number of halogens is 2. The first-order chi connectivity index (χ1) is 14.5. The van der Waals surface area contributed by atoms with Gasteiger partial charge >= 0.3 is 0 Å². The molecule has 0 radical (unpaired) electrons. The Morgan fingerprint density at radius 1 is 1.10 bits per heavy atom. The van der Waals surface area contributed by atoms with Crippen LogP contribution in [-0.4, -0.2) is 34.3 Å². The molecule has 0 N–H and O–H groups in total. The lowest BCUT2D eigenvalue weighted by atomic mass is 10.2. The largest absolute Gasteiger partial charge is 0.334 e. The van der Waals surface area contributed by atoms with Gasteiger partial charge in [-0.1, -0.05) is 11.2 Å². The molecule has 0 bridgehead atoms. The minimum atomic E-state index is -0.767. The highest BCUT2D eigenvalue weighted by atomic mass is 19.1. The predicted molar refractivity (Wildman–Crippen MR) is 102 cm³/mol. The lowest BCUT2D eigenvalue weighted by Gasteiger charge is -2.05. The Morgan fingerprint density at radius 3 is 2.70 bits per heavy atom. The molecule has 4 aromatic heterocycles. The van der Waals surface area contributed by atoms with Crippen molar-refractivity contribution in [2.75, 3.05) is 0 Å². The summed E-state index contributed by atoms with van der Waals surface area (Å²) < 4.78 is 36.6. The SMILES string of the molecule is Cc1cc(C)n2ncc(-c3nccn3Cc3noc(-c4c(F)cccc4F)n3)c2n1. The number of nitrogens with zero attached hydrogens (tertiary/aromatic N) is 7. The lowest BCUT2D eigenvalue weighted by molar-refractivity contribution is 0.415. The predicted octanol–water partition coefficient (Wildman–Crippen LogP) is 3.59. The third-order valence-corrected chi connectivity index (χ3v) is 4.69. The van der Waals surface area contributed by atoms with E-state index in [9.17, 15) is 8.78 Å². The number of fused-ring (bicyclic) bond motifs is 1. The molecule has 0 unspecified atom stereocenters. The van der Waals surface area contributed by atoms with Gasteiger partial charge in [0.05, 0.1) is 18.3 Å². The summed E-state index contributed by atoms with van der Waals surface area (Å²) in [4.78, 5) is 13.1. The van der Waals surface area contributed by atoms with Crippen molar-refractivity contribution in [2.45, 2.75) is 20.4 Å². The first-order valence-corrected chi connectivity index (χ1v) is 9.11.